The molecule has 0 fully saturated rings. The molecule has 0 bridgehead atoms. The zero-order valence-corrected chi connectivity index (χ0v) is 12.1. The minimum absolute atomic E-state index is 0.0168. The van der Waals surface area contributed by atoms with Crippen molar-refractivity contribution in [2.24, 2.45) is 4.99 Å². The van der Waals surface area contributed by atoms with Crippen molar-refractivity contribution in [3.8, 4) is 5.88 Å². The Kier molecular flexibility index (Phi) is 2.66. The summed E-state index contributed by atoms with van der Waals surface area (Å²) in [5.41, 5.74) is 3.95. The monoisotopic (exact) mass is 290 g/mol. The molecule has 4 nitrogen and oxygen atoms in total. The van der Waals surface area contributed by atoms with Crippen LogP contribution in [0.2, 0.25) is 0 Å². The number of fused-ring (bicyclic) bond motifs is 2. The minimum Gasteiger partial charge on any atom is -0.494 e. The van der Waals surface area contributed by atoms with Crippen LogP contribution in [0.4, 0.5) is 5.69 Å². The molecule has 0 spiro atoms. The number of aryl methyl sites for hydroxylation is 1. The number of hydrogen-bond acceptors (Lipinski definition) is 3. The summed E-state index contributed by atoms with van der Waals surface area (Å²) in [6, 6.07) is 13.2. The highest BCUT2D eigenvalue weighted by atomic mass is 16.3. The number of aromatic nitrogens is 1. The first-order valence-electron chi connectivity index (χ1n) is 7.25. The highest BCUT2D eigenvalue weighted by Gasteiger charge is 2.30. The average molecular weight is 290 g/mol. The summed E-state index contributed by atoms with van der Waals surface area (Å²) in [5.74, 6) is -0.151. The van der Waals surface area contributed by atoms with Gasteiger partial charge in [-0.2, -0.15) is 0 Å². The fraction of sp³-hybridized carbons (Fsp3) is 0.111. The average Bonchev–Trinajstić information content (AvgIpc) is 3.03. The van der Waals surface area contributed by atoms with Crippen molar-refractivity contribution in [1.82, 2.24) is 4.98 Å². The lowest BCUT2D eigenvalue weighted by molar-refractivity contribution is 0.107. The van der Waals surface area contributed by atoms with Gasteiger partial charge in [0.2, 0.25) is 5.78 Å². The molecular weight excluding hydrogens is 276 g/mol. The Balaban J connectivity index is 1.91. The molecule has 0 saturated heterocycles. The van der Waals surface area contributed by atoms with E-state index in [0.717, 1.165) is 22.9 Å². The van der Waals surface area contributed by atoms with Gasteiger partial charge in [0.1, 0.15) is 5.71 Å². The maximum Gasteiger partial charge on any atom is 0.214 e. The van der Waals surface area contributed by atoms with E-state index >= 15 is 0 Å². The van der Waals surface area contributed by atoms with Crippen molar-refractivity contribution in [3.05, 3.63) is 59.2 Å². The Hall–Kier alpha value is -2.88. The summed E-state index contributed by atoms with van der Waals surface area (Å²) in [4.78, 5) is 20.0. The van der Waals surface area contributed by atoms with Gasteiger partial charge >= 0.3 is 0 Å². The molecule has 1 aliphatic rings. The molecule has 4 heteroatoms. The van der Waals surface area contributed by atoms with Crippen LogP contribution in [-0.2, 0) is 6.42 Å². The molecular formula is C18H14N2O2. The number of para-hydroxylation sites is 1. The second-order valence-corrected chi connectivity index (χ2v) is 5.39. The van der Waals surface area contributed by atoms with Crippen LogP contribution in [0.15, 0.2) is 47.5 Å². The molecule has 0 atom stereocenters. The number of ketones is 1. The van der Waals surface area contributed by atoms with Gasteiger partial charge in [-0.1, -0.05) is 31.2 Å². The van der Waals surface area contributed by atoms with Crippen LogP contribution < -0.4 is 0 Å². The molecule has 2 heterocycles. The first-order chi connectivity index (χ1) is 10.7. The van der Waals surface area contributed by atoms with Gasteiger partial charge in [0.05, 0.1) is 16.8 Å². The predicted octanol–water partition coefficient (Wildman–Crippen LogP) is 3.75. The van der Waals surface area contributed by atoms with Gasteiger partial charge in [-0.3, -0.25) is 4.79 Å². The summed E-state index contributed by atoms with van der Waals surface area (Å²) in [6.45, 7) is 2.05. The van der Waals surface area contributed by atoms with Crippen LogP contribution in [-0.4, -0.2) is 21.6 Å². The summed E-state index contributed by atoms with van der Waals surface area (Å²) >= 11 is 0. The van der Waals surface area contributed by atoms with Gasteiger partial charge < -0.3 is 10.1 Å². The van der Waals surface area contributed by atoms with Crippen LogP contribution in [0.5, 0.6) is 5.88 Å². The summed E-state index contributed by atoms with van der Waals surface area (Å²) in [5, 5.41) is 11.0. The second kappa shape index (κ2) is 4.56. The molecule has 22 heavy (non-hydrogen) atoms. The molecule has 2 N–H and O–H groups in total. The first-order valence-corrected chi connectivity index (χ1v) is 7.25. The molecule has 108 valence electrons. The quantitative estimate of drug-likeness (QED) is 0.754. The van der Waals surface area contributed by atoms with Crippen molar-refractivity contribution >= 4 is 28.1 Å². The summed E-state index contributed by atoms with van der Waals surface area (Å²) in [6.07, 6.45) is 0.869. The zero-order chi connectivity index (χ0) is 15.3. The molecule has 0 aliphatic carbocycles. The standard InChI is InChI=1S/C18H14N2O2/c1-2-10-7-8-14-12(9-10)17(21)16(19-14)15-11-5-3-4-6-13(11)20-18(15)22/h3-9,20,22H,2H2,1H3. The Morgan fingerprint density at radius 3 is 2.82 bits per heavy atom. The third kappa shape index (κ3) is 1.70. The lowest BCUT2D eigenvalue weighted by Crippen LogP contribution is -2.11. The van der Waals surface area contributed by atoms with Crippen LogP contribution in [0.3, 0.4) is 0 Å². The van der Waals surface area contributed by atoms with E-state index in [1.165, 1.54) is 0 Å². The van der Waals surface area contributed by atoms with Crippen molar-refractivity contribution < 1.29 is 9.90 Å². The normalized spacial score (nSPS) is 13.5. The van der Waals surface area contributed by atoms with E-state index in [1.807, 2.05) is 42.5 Å². The van der Waals surface area contributed by atoms with Crippen LogP contribution in [0, 0.1) is 0 Å². The van der Waals surface area contributed by atoms with Crippen molar-refractivity contribution in [3.63, 3.8) is 0 Å². The van der Waals surface area contributed by atoms with E-state index in [9.17, 15) is 9.90 Å². The minimum atomic E-state index is -0.134. The number of carbonyl (C=O) groups excluding carboxylic acids is 1. The number of Topliss-reactive ketones (excluding diaryl/α,β-unsaturated/α-hetero) is 1. The number of nitrogens with one attached hydrogen (secondary N) is 1. The highest BCUT2D eigenvalue weighted by Crippen LogP contribution is 2.35. The van der Waals surface area contributed by atoms with Crippen LogP contribution >= 0.6 is 0 Å². The number of rotatable bonds is 2. The Bertz CT molecular complexity index is 951. The smallest absolute Gasteiger partial charge is 0.214 e. The largest absolute Gasteiger partial charge is 0.494 e. The molecule has 0 amide bonds. The SMILES string of the molecule is CCc1ccc2c(c1)C(=O)C(c1c(O)[nH]c3ccccc13)=N2. The van der Waals surface area contributed by atoms with Gasteiger partial charge in [0, 0.05) is 10.9 Å². The highest BCUT2D eigenvalue weighted by molar-refractivity contribution is 6.56. The number of aromatic hydroxyl groups is 1. The van der Waals surface area contributed by atoms with Gasteiger partial charge in [-0.25, -0.2) is 4.99 Å². The van der Waals surface area contributed by atoms with Crippen LogP contribution in [0.25, 0.3) is 10.9 Å². The number of hydrogen-bond donors (Lipinski definition) is 2. The van der Waals surface area contributed by atoms with E-state index in [0.29, 0.717) is 22.5 Å². The van der Waals surface area contributed by atoms with Gasteiger partial charge in [0.25, 0.3) is 0 Å². The number of aliphatic imine (C=N–C) groups is 1. The topological polar surface area (TPSA) is 65.4 Å². The Morgan fingerprint density at radius 2 is 2.00 bits per heavy atom. The van der Waals surface area contributed by atoms with Crippen molar-refractivity contribution in [1.29, 1.82) is 0 Å². The van der Waals surface area contributed by atoms with Gasteiger partial charge in [-0.05, 0) is 30.2 Å². The predicted molar refractivity (Wildman–Crippen MR) is 86.3 cm³/mol. The molecule has 4 rings (SSSR count). The molecule has 1 aromatic heterocycles. The number of aromatic amines is 1. The maximum atomic E-state index is 12.7. The third-order valence-corrected chi connectivity index (χ3v) is 4.08. The Morgan fingerprint density at radius 1 is 1.18 bits per heavy atom. The number of nitrogens with zero attached hydrogens (tertiary/aromatic N) is 1. The molecule has 0 unspecified atom stereocenters. The molecule has 0 saturated carbocycles. The lowest BCUT2D eigenvalue weighted by Gasteiger charge is -2.00. The van der Waals surface area contributed by atoms with Crippen LogP contribution in [0.1, 0.15) is 28.4 Å². The number of carbonyl (C=O) groups is 1. The van der Waals surface area contributed by atoms with E-state index in [1.54, 1.807) is 0 Å². The van der Waals surface area contributed by atoms with Gasteiger partial charge in [0.15, 0.2) is 5.88 Å². The summed E-state index contributed by atoms with van der Waals surface area (Å²) in [7, 11) is 0. The van der Waals surface area contributed by atoms with E-state index in [2.05, 4.69) is 16.9 Å². The van der Waals surface area contributed by atoms with Crippen molar-refractivity contribution in [2.75, 3.05) is 0 Å². The molecule has 0 radical (unpaired) electrons. The number of benzene rings is 2. The lowest BCUT2D eigenvalue weighted by atomic mass is 10.00. The first kappa shape index (κ1) is 12.8. The summed E-state index contributed by atoms with van der Waals surface area (Å²) < 4.78 is 0. The van der Waals surface area contributed by atoms with E-state index in [-0.39, 0.29) is 11.7 Å². The maximum absolute atomic E-state index is 12.7. The van der Waals surface area contributed by atoms with E-state index in [4.69, 9.17) is 0 Å². The fourth-order valence-electron chi connectivity index (χ4n) is 2.92. The van der Waals surface area contributed by atoms with Crippen molar-refractivity contribution in [2.45, 2.75) is 13.3 Å². The Labute approximate surface area is 127 Å². The molecule has 1 aliphatic heterocycles. The molecule has 2 aromatic carbocycles. The molecule has 3 aromatic rings. The number of H-pyrrole nitrogens is 1. The fourth-order valence-corrected chi connectivity index (χ4v) is 2.92. The zero-order valence-electron chi connectivity index (χ0n) is 12.1. The van der Waals surface area contributed by atoms with E-state index < -0.39 is 0 Å². The second-order valence-electron chi connectivity index (χ2n) is 5.39. The van der Waals surface area contributed by atoms with Gasteiger partial charge in [-0.15, -0.1) is 0 Å². The third-order valence-electron chi connectivity index (χ3n) is 4.08.